The molecule has 1 saturated heterocycles. The predicted molar refractivity (Wildman–Crippen MR) is 34.4 cm³/mol. The quantitative estimate of drug-likeness (QED) is 0.411. The lowest BCUT2D eigenvalue weighted by Gasteiger charge is -2.32. The summed E-state index contributed by atoms with van der Waals surface area (Å²) in [5, 5.41) is 0. The number of hydrogen-bond donors (Lipinski definition) is 0. The lowest BCUT2D eigenvalue weighted by atomic mass is 10.0. The Kier molecular flexibility index (Phi) is 1.55. The molecule has 1 rings (SSSR count). The van der Waals surface area contributed by atoms with Gasteiger partial charge in [-0.1, -0.05) is 5.92 Å². The van der Waals surface area contributed by atoms with Crippen LogP contribution in [0, 0.1) is 17.8 Å². The Bertz CT molecular complexity index is 123. The van der Waals surface area contributed by atoms with Gasteiger partial charge in [-0.25, -0.2) is 0 Å². The van der Waals surface area contributed by atoms with Gasteiger partial charge in [-0.15, -0.1) is 5.92 Å². The maximum absolute atomic E-state index is 3.12. The first-order chi connectivity index (χ1) is 3.83. The van der Waals surface area contributed by atoms with Crippen molar-refractivity contribution in [2.24, 2.45) is 5.92 Å². The monoisotopic (exact) mass is 109 g/mol. The van der Waals surface area contributed by atoms with E-state index in [0.717, 1.165) is 0 Å². The fraction of sp³-hybridized carbons (Fsp3) is 0.714. The molecule has 1 nitrogen and oxygen atoms in total. The van der Waals surface area contributed by atoms with E-state index in [1.54, 1.807) is 0 Å². The third-order valence-corrected chi connectivity index (χ3v) is 1.41. The molecular formula is C7H11N. The van der Waals surface area contributed by atoms with Crippen LogP contribution in [-0.2, 0) is 0 Å². The maximum atomic E-state index is 3.12. The summed E-state index contributed by atoms with van der Waals surface area (Å²) in [5.74, 6) is 6.71. The average molecular weight is 109 g/mol. The van der Waals surface area contributed by atoms with Gasteiger partial charge in [0.2, 0.25) is 0 Å². The van der Waals surface area contributed by atoms with Crippen molar-refractivity contribution in [1.82, 2.24) is 4.90 Å². The van der Waals surface area contributed by atoms with Crippen molar-refractivity contribution >= 4 is 0 Å². The fourth-order valence-electron chi connectivity index (χ4n) is 0.994. The van der Waals surface area contributed by atoms with Crippen LogP contribution in [0.5, 0.6) is 0 Å². The van der Waals surface area contributed by atoms with Crippen LogP contribution in [0.3, 0.4) is 0 Å². The number of hydrogen-bond acceptors (Lipinski definition) is 1. The van der Waals surface area contributed by atoms with Crippen molar-refractivity contribution in [3.05, 3.63) is 0 Å². The van der Waals surface area contributed by atoms with Gasteiger partial charge < -0.3 is 4.90 Å². The molecule has 1 heterocycles. The van der Waals surface area contributed by atoms with Gasteiger partial charge in [0, 0.05) is 19.0 Å². The Balaban J connectivity index is 2.22. The van der Waals surface area contributed by atoms with Gasteiger partial charge in [0.05, 0.1) is 0 Å². The summed E-state index contributed by atoms with van der Waals surface area (Å²) in [5.41, 5.74) is 0. The molecule has 1 aliphatic rings. The zero-order valence-corrected chi connectivity index (χ0v) is 5.44. The van der Waals surface area contributed by atoms with E-state index < -0.39 is 0 Å². The first kappa shape index (κ1) is 5.65. The number of nitrogens with zero attached hydrogens (tertiary/aromatic N) is 1. The highest BCUT2D eigenvalue weighted by atomic mass is 15.2. The summed E-state index contributed by atoms with van der Waals surface area (Å²) in [6, 6.07) is 0. The van der Waals surface area contributed by atoms with Crippen LogP contribution in [0.1, 0.15) is 6.92 Å². The van der Waals surface area contributed by atoms with E-state index in [0.29, 0.717) is 5.92 Å². The normalized spacial score (nSPS) is 21.2. The van der Waals surface area contributed by atoms with Crippen LogP contribution in [0.2, 0.25) is 0 Å². The van der Waals surface area contributed by atoms with Crippen LogP contribution in [0.15, 0.2) is 0 Å². The molecule has 0 spiro atoms. The van der Waals surface area contributed by atoms with Gasteiger partial charge in [0.15, 0.2) is 0 Å². The van der Waals surface area contributed by atoms with E-state index in [4.69, 9.17) is 0 Å². The van der Waals surface area contributed by atoms with E-state index in [-0.39, 0.29) is 0 Å². The molecule has 8 heavy (non-hydrogen) atoms. The molecule has 0 aromatic rings. The second-order valence-electron chi connectivity index (χ2n) is 2.31. The van der Waals surface area contributed by atoms with Crippen molar-refractivity contribution in [3.63, 3.8) is 0 Å². The molecule has 0 bridgehead atoms. The highest BCUT2D eigenvalue weighted by molar-refractivity contribution is 5.06. The van der Waals surface area contributed by atoms with Crippen LogP contribution in [0.4, 0.5) is 0 Å². The third-order valence-electron chi connectivity index (χ3n) is 1.41. The molecule has 1 heteroatoms. The summed E-state index contributed by atoms with van der Waals surface area (Å²) in [6.45, 7) is 4.24. The zero-order valence-electron chi connectivity index (χ0n) is 5.44. The third kappa shape index (κ3) is 1.02. The molecule has 0 amide bonds. The molecule has 0 unspecified atom stereocenters. The second kappa shape index (κ2) is 2.19. The molecule has 1 fully saturated rings. The molecule has 1 aliphatic heterocycles. The highest BCUT2D eigenvalue weighted by Gasteiger charge is 2.19. The molecule has 0 radical (unpaired) electrons. The Labute approximate surface area is 50.7 Å². The van der Waals surface area contributed by atoms with Gasteiger partial charge in [0.1, 0.15) is 0 Å². The molecule has 0 saturated carbocycles. The number of rotatable bonds is 0. The first-order valence-corrected chi connectivity index (χ1v) is 2.93. The summed E-state index contributed by atoms with van der Waals surface area (Å²) in [6.07, 6.45) is 0. The van der Waals surface area contributed by atoms with Gasteiger partial charge in [0.25, 0.3) is 0 Å². The van der Waals surface area contributed by atoms with E-state index in [1.165, 1.54) is 13.1 Å². The predicted octanol–water partition coefficient (Wildman–Crippen LogP) is 0.571. The Morgan fingerprint density at radius 3 is 2.50 bits per heavy atom. The maximum Gasteiger partial charge on any atom is 0.0456 e. The van der Waals surface area contributed by atoms with Crippen molar-refractivity contribution in [1.29, 1.82) is 0 Å². The van der Waals surface area contributed by atoms with Crippen molar-refractivity contribution in [2.45, 2.75) is 6.92 Å². The van der Waals surface area contributed by atoms with Crippen molar-refractivity contribution < 1.29 is 0 Å². The van der Waals surface area contributed by atoms with E-state index in [2.05, 4.69) is 23.8 Å². The fourth-order valence-corrected chi connectivity index (χ4v) is 0.994. The lowest BCUT2D eigenvalue weighted by molar-refractivity contribution is 0.177. The Hall–Kier alpha value is -0.480. The molecule has 0 aromatic carbocycles. The van der Waals surface area contributed by atoms with Gasteiger partial charge in [-0.3, -0.25) is 0 Å². The van der Waals surface area contributed by atoms with E-state index in [1.807, 2.05) is 6.92 Å². The second-order valence-corrected chi connectivity index (χ2v) is 2.31. The van der Waals surface area contributed by atoms with Gasteiger partial charge >= 0.3 is 0 Å². The minimum absolute atomic E-state index is 0.671. The summed E-state index contributed by atoms with van der Waals surface area (Å²) >= 11 is 0. The molecule has 0 aromatic heterocycles. The molecule has 0 atom stereocenters. The minimum atomic E-state index is 0.671. The van der Waals surface area contributed by atoms with Crippen molar-refractivity contribution in [2.75, 3.05) is 20.1 Å². The Morgan fingerprint density at radius 2 is 2.12 bits per heavy atom. The van der Waals surface area contributed by atoms with Crippen LogP contribution in [-0.4, -0.2) is 25.0 Å². The molecule has 0 aliphatic carbocycles. The minimum Gasteiger partial charge on any atom is -0.304 e. The largest absolute Gasteiger partial charge is 0.304 e. The van der Waals surface area contributed by atoms with E-state index >= 15 is 0 Å². The van der Waals surface area contributed by atoms with Crippen LogP contribution in [0.25, 0.3) is 0 Å². The van der Waals surface area contributed by atoms with Gasteiger partial charge in [-0.2, -0.15) is 0 Å². The van der Waals surface area contributed by atoms with Crippen LogP contribution >= 0.6 is 0 Å². The highest BCUT2D eigenvalue weighted by Crippen LogP contribution is 2.09. The smallest absolute Gasteiger partial charge is 0.0456 e. The van der Waals surface area contributed by atoms with Crippen LogP contribution < -0.4 is 0 Å². The summed E-state index contributed by atoms with van der Waals surface area (Å²) in [7, 11) is 2.12. The lowest BCUT2D eigenvalue weighted by Crippen LogP contribution is -2.42. The van der Waals surface area contributed by atoms with Crippen molar-refractivity contribution in [3.8, 4) is 11.8 Å². The average Bonchev–Trinajstić information content (AvgIpc) is 1.64. The molecule has 44 valence electrons. The summed E-state index contributed by atoms with van der Waals surface area (Å²) in [4.78, 5) is 2.27. The standard InChI is InChI=1S/C7H11N/c1-3-4-7-5-8(2)6-7/h7H,5-6H2,1-2H3. The van der Waals surface area contributed by atoms with Gasteiger partial charge in [-0.05, 0) is 14.0 Å². The van der Waals surface area contributed by atoms with E-state index in [9.17, 15) is 0 Å². The Morgan fingerprint density at radius 1 is 1.50 bits per heavy atom. The topological polar surface area (TPSA) is 3.24 Å². The number of likely N-dealkylation sites (tertiary alicyclic amines) is 1. The zero-order chi connectivity index (χ0) is 5.98. The first-order valence-electron chi connectivity index (χ1n) is 2.93. The SMILES string of the molecule is CC#CC1CN(C)C1. The molecular weight excluding hydrogens is 98.1 g/mol. The summed E-state index contributed by atoms with van der Waals surface area (Å²) < 4.78 is 0. The molecule has 0 N–H and O–H groups in total.